The number of pyridine rings is 1. The Labute approximate surface area is 102 Å². The van der Waals surface area contributed by atoms with Gasteiger partial charge in [-0.15, -0.1) is 0 Å². The zero-order chi connectivity index (χ0) is 11.8. The predicted octanol–water partition coefficient (Wildman–Crippen LogP) is 2.28. The van der Waals surface area contributed by atoms with Crippen molar-refractivity contribution in [1.29, 1.82) is 0 Å². The average Bonchev–Trinajstić information content (AvgIpc) is 2.67. The van der Waals surface area contributed by atoms with Gasteiger partial charge in [0.1, 0.15) is 11.5 Å². The van der Waals surface area contributed by atoms with Crippen LogP contribution in [0.15, 0.2) is 18.5 Å². The third-order valence-corrected chi connectivity index (χ3v) is 3.84. The fraction of sp³-hybridized carbons (Fsp3) is 0.417. The number of halogens is 1. The van der Waals surface area contributed by atoms with Gasteiger partial charge in [0.25, 0.3) is 0 Å². The van der Waals surface area contributed by atoms with Crippen molar-refractivity contribution in [3.63, 3.8) is 0 Å². The van der Waals surface area contributed by atoms with Crippen molar-refractivity contribution >= 4 is 20.4 Å². The van der Waals surface area contributed by atoms with Crippen LogP contribution in [-0.2, 0) is 0 Å². The molecule has 0 spiro atoms. The van der Waals surface area contributed by atoms with E-state index in [2.05, 4.69) is 25.9 Å². The zero-order valence-electron chi connectivity index (χ0n) is 9.49. The highest BCUT2D eigenvalue weighted by molar-refractivity contribution is 7.14. The second-order valence-corrected chi connectivity index (χ2v) is 5.10. The molecule has 3 rings (SSSR count). The molecule has 0 aromatic carbocycles. The molecule has 1 fully saturated rings. The van der Waals surface area contributed by atoms with Gasteiger partial charge in [-0.3, -0.25) is 0 Å². The number of nitrogens with one attached hydrogen (secondary N) is 1. The van der Waals surface area contributed by atoms with E-state index in [1.54, 1.807) is 6.07 Å². The van der Waals surface area contributed by atoms with E-state index in [0.717, 1.165) is 37.0 Å². The summed E-state index contributed by atoms with van der Waals surface area (Å²) in [5, 5.41) is 4.30. The molecular formula is C12H15FN3P. The average molecular weight is 251 g/mol. The lowest BCUT2D eigenvalue weighted by Gasteiger charge is -2.22. The molecule has 1 aliphatic rings. The van der Waals surface area contributed by atoms with E-state index in [1.165, 1.54) is 11.8 Å². The van der Waals surface area contributed by atoms with Crippen molar-refractivity contribution in [2.45, 2.75) is 18.8 Å². The highest BCUT2D eigenvalue weighted by atomic mass is 31.0. The number of rotatable bonds is 1. The van der Waals surface area contributed by atoms with E-state index < -0.39 is 0 Å². The first-order valence-electron chi connectivity index (χ1n) is 5.88. The zero-order valence-corrected chi connectivity index (χ0v) is 10.6. The Hall–Kier alpha value is -0.990. The SMILES string of the molecule is Fc1cnc2c(c1)c(C1CCNCC1)cn2P. The standard InChI is InChI=1S/C12H15FN3P/c13-9-5-10-11(8-1-3-14-4-2-8)7-16(17)12(10)15-6-9/h5-8,14H,1-4,17H2. The van der Waals surface area contributed by atoms with Gasteiger partial charge in [0.05, 0.1) is 6.20 Å². The Morgan fingerprint density at radius 1 is 1.41 bits per heavy atom. The maximum atomic E-state index is 13.3. The molecule has 0 bridgehead atoms. The second kappa shape index (κ2) is 4.35. The molecule has 0 aliphatic carbocycles. The molecule has 0 amide bonds. The normalized spacial score (nSPS) is 17.8. The van der Waals surface area contributed by atoms with Gasteiger partial charge in [0.2, 0.25) is 0 Å². The third-order valence-electron chi connectivity index (χ3n) is 3.45. The van der Waals surface area contributed by atoms with Crippen molar-refractivity contribution < 1.29 is 4.39 Å². The van der Waals surface area contributed by atoms with E-state index in [9.17, 15) is 4.39 Å². The maximum absolute atomic E-state index is 13.3. The Morgan fingerprint density at radius 2 is 2.18 bits per heavy atom. The quantitative estimate of drug-likeness (QED) is 0.788. The molecule has 1 saturated heterocycles. The molecule has 1 unspecified atom stereocenters. The van der Waals surface area contributed by atoms with E-state index in [-0.39, 0.29) is 5.82 Å². The summed E-state index contributed by atoms with van der Waals surface area (Å²) in [6.45, 7) is 2.08. The number of hydrogen-bond donors (Lipinski definition) is 1. The van der Waals surface area contributed by atoms with Gasteiger partial charge in [0.15, 0.2) is 0 Å². The number of fused-ring (bicyclic) bond motifs is 1. The van der Waals surface area contributed by atoms with Crippen LogP contribution < -0.4 is 5.32 Å². The van der Waals surface area contributed by atoms with Crippen LogP contribution in [0.2, 0.25) is 0 Å². The molecule has 0 saturated carbocycles. The van der Waals surface area contributed by atoms with Crippen molar-refractivity contribution in [2.75, 3.05) is 13.1 Å². The van der Waals surface area contributed by atoms with Gasteiger partial charge < -0.3 is 9.65 Å². The molecule has 2 aromatic heterocycles. The summed E-state index contributed by atoms with van der Waals surface area (Å²) in [6.07, 6.45) is 5.56. The number of aromatic nitrogens is 2. The Bertz CT molecular complexity index is 546. The molecule has 1 aliphatic heterocycles. The highest BCUT2D eigenvalue weighted by Crippen LogP contribution is 2.33. The topological polar surface area (TPSA) is 29.9 Å². The van der Waals surface area contributed by atoms with Crippen LogP contribution in [0, 0.1) is 5.82 Å². The summed E-state index contributed by atoms with van der Waals surface area (Å²) in [5.74, 6) is 0.257. The van der Waals surface area contributed by atoms with Crippen LogP contribution in [0.4, 0.5) is 4.39 Å². The smallest absolute Gasteiger partial charge is 0.143 e. The van der Waals surface area contributed by atoms with Crippen molar-refractivity contribution in [1.82, 2.24) is 14.6 Å². The van der Waals surface area contributed by atoms with Crippen LogP contribution in [0.1, 0.15) is 24.3 Å². The van der Waals surface area contributed by atoms with Gasteiger partial charge in [-0.25, -0.2) is 9.37 Å². The Kier molecular flexibility index (Phi) is 2.85. The molecular weight excluding hydrogens is 236 g/mol. The lowest BCUT2D eigenvalue weighted by Crippen LogP contribution is -2.26. The Morgan fingerprint density at radius 3 is 2.94 bits per heavy atom. The van der Waals surface area contributed by atoms with Crippen molar-refractivity contribution in [3.05, 3.63) is 29.8 Å². The molecule has 3 heterocycles. The lowest BCUT2D eigenvalue weighted by atomic mass is 9.90. The van der Waals surface area contributed by atoms with Crippen molar-refractivity contribution in [3.8, 4) is 0 Å². The first-order valence-corrected chi connectivity index (χ1v) is 6.39. The van der Waals surface area contributed by atoms with Gasteiger partial charge in [-0.2, -0.15) is 0 Å². The molecule has 3 nitrogen and oxygen atoms in total. The van der Waals surface area contributed by atoms with Crippen LogP contribution in [0.3, 0.4) is 0 Å². The minimum absolute atomic E-state index is 0.260. The summed E-state index contributed by atoms with van der Waals surface area (Å²) in [5.41, 5.74) is 2.06. The Balaban J connectivity index is 2.11. The minimum atomic E-state index is -0.260. The molecule has 5 heteroatoms. The van der Waals surface area contributed by atoms with Crippen LogP contribution in [0.25, 0.3) is 11.0 Å². The van der Waals surface area contributed by atoms with Gasteiger partial charge in [-0.1, -0.05) is 0 Å². The molecule has 1 atom stereocenters. The van der Waals surface area contributed by atoms with E-state index in [4.69, 9.17) is 0 Å². The van der Waals surface area contributed by atoms with Crippen LogP contribution in [-0.4, -0.2) is 22.4 Å². The van der Waals surface area contributed by atoms with Gasteiger partial charge in [0, 0.05) is 11.6 Å². The first-order chi connectivity index (χ1) is 8.25. The second-order valence-electron chi connectivity index (χ2n) is 4.54. The van der Waals surface area contributed by atoms with Gasteiger partial charge in [-0.05, 0) is 52.9 Å². The summed E-state index contributed by atoms with van der Waals surface area (Å²) in [6, 6.07) is 1.60. The molecule has 2 aromatic rings. The summed E-state index contributed by atoms with van der Waals surface area (Å²) < 4.78 is 15.2. The predicted molar refractivity (Wildman–Crippen MR) is 69.6 cm³/mol. The minimum Gasteiger partial charge on any atom is -0.317 e. The molecule has 90 valence electrons. The molecule has 17 heavy (non-hydrogen) atoms. The van der Waals surface area contributed by atoms with E-state index in [1.807, 2.05) is 4.34 Å². The number of hydrogen-bond acceptors (Lipinski definition) is 2. The van der Waals surface area contributed by atoms with E-state index >= 15 is 0 Å². The number of piperidine rings is 1. The third kappa shape index (κ3) is 1.96. The summed E-state index contributed by atoms with van der Waals surface area (Å²) in [4.78, 5) is 4.15. The summed E-state index contributed by atoms with van der Waals surface area (Å²) in [7, 11) is 2.62. The number of nitrogens with zero attached hydrogens (tertiary/aromatic N) is 2. The first kappa shape index (κ1) is 11.1. The fourth-order valence-electron chi connectivity index (χ4n) is 2.59. The highest BCUT2D eigenvalue weighted by Gasteiger charge is 2.20. The van der Waals surface area contributed by atoms with Crippen LogP contribution >= 0.6 is 9.39 Å². The van der Waals surface area contributed by atoms with Gasteiger partial charge >= 0.3 is 0 Å². The monoisotopic (exact) mass is 251 g/mol. The lowest BCUT2D eigenvalue weighted by molar-refractivity contribution is 0.462. The van der Waals surface area contributed by atoms with Crippen molar-refractivity contribution in [2.24, 2.45) is 0 Å². The summed E-state index contributed by atoms with van der Waals surface area (Å²) >= 11 is 0. The van der Waals surface area contributed by atoms with E-state index in [0.29, 0.717) is 5.92 Å². The maximum Gasteiger partial charge on any atom is 0.143 e. The molecule has 1 N–H and O–H groups in total. The molecule has 0 radical (unpaired) electrons. The fourth-order valence-corrected chi connectivity index (χ4v) is 2.96. The van der Waals surface area contributed by atoms with Crippen LogP contribution in [0.5, 0.6) is 0 Å². The largest absolute Gasteiger partial charge is 0.317 e.